The summed E-state index contributed by atoms with van der Waals surface area (Å²) >= 11 is 0. The number of rotatable bonds is 5. The SMILES string of the molecule is Cn1nnc(-c2cccc(NC(=O)CCc3nc4ccccc4c(=O)[nH]3)c2)n1. The molecule has 2 aromatic carbocycles. The molecule has 0 unspecified atom stereocenters. The molecule has 0 bridgehead atoms. The van der Waals surface area contributed by atoms with Gasteiger partial charge in [-0.15, -0.1) is 10.2 Å². The second-order valence-electron chi connectivity index (χ2n) is 6.26. The van der Waals surface area contributed by atoms with Crippen LogP contribution >= 0.6 is 0 Å². The molecule has 4 aromatic rings. The fourth-order valence-corrected chi connectivity index (χ4v) is 2.84. The molecule has 2 aromatic heterocycles. The van der Waals surface area contributed by atoms with E-state index in [1.165, 1.54) is 4.80 Å². The normalized spacial score (nSPS) is 10.9. The lowest BCUT2D eigenvalue weighted by molar-refractivity contribution is -0.116. The molecule has 9 nitrogen and oxygen atoms in total. The lowest BCUT2D eigenvalue weighted by atomic mass is 10.2. The van der Waals surface area contributed by atoms with Gasteiger partial charge >= 0.3 is 0 Å². The molecule has 0 aliphatic heterocycles. The van der Waals surface area contributed by atoms with Crippen LogP contribution in [0.5, 0.6) is 0 Å². The van der Waals surface area contributed by atoms with Gasteiger partial charge in [0.1, 0.15) is 5.82 Å². The Kier molecular flexibility index (Phi) is 4.63. The van der Waals surface area contributed by atoms with Gasteiger partial charge in [0.25, 0.3) is 5.56 Å². The van der Waals surface area contributed by atoms with E-state index in [9.17, 15) is 9.59 Å². The number of H-pyrrole nitrogens is 1. The monoisotopic (exact) mass is 375 g/mol. The topological polar surface area (TPSA) is 118 Å². The van der Waals surface area contributed by atoms with Gasteiger partial charge in [-0.2, -0.15) is 4.80 Å². The first-order valence-corrected chi connectivity index (χ1v) is 8.71. The fourth-order valence-electron chi connectivity index (χ4n) is 2.84. The predicted octanol–water partition coefficient (Wildman–Crippen LogP) is 1.68. The number of anilines is 1. The summed E-state index contributed by atoms with van der Waals surface area (Å²) < 4.78 is 0. The third-order valence-corrected chi connectivity index (χ3v) is 4.16. The van der Waals surface area contributed by atoms with Crippen molar-refractivity contribution < 1.29 is 4.79 Å². The van der Waals surface area contributed by atoms with Crippen LogP contribution in [0.4, 0.5) is 5.69 Å². The summed E-state index contributed by atoms with van der Waals surface area (Å²) in [6.45, 7) is 0. The van der Waals surface area contributed by atoms with E-state index in [0.29, 0.717) is 34.7 Å². The molecule has 0 fully saturated rings. The molecule has 0 aliphatic carbocycles. The molecule has 2 N–H and O–H groups in total. The second-order valence-corrected chi connectivity index (χ2v) is 6.26. The van der Waals surface area contributed by atoms with Crippen LogP contribution < -0.4 is 10.9 Å². The highest BCUT2D eigenvalue weighted by atomic mass is 16.1. The van der Waals surface area contributed by atoms with Crippen LogP contribution in [0, 0.1) is 0 Å². The van der Waals surface area contributed by atoms with Gasteiger partial charge in [-0.3, -0.25) is 9.59 Å². The molecule has 140 valence electrons. The molecule has 0 atom stereocenters. The third kappa shape index (κ3) is 3.78. The number of nitrogens with one attached hydrogen (secondary N) is 2. The van der Waals surface area contributed by atoms with Crippen LogP contribution in [0.1, 0.15) is 12.2 Å². The van der Waals surface area contributed by atoms with Crippen LogP contribution in [0.25, 0.3) is 22.3 Å². The number of amides is 1. The largest absolute Gasteiger partial charge is 0.326 e. The van der Waals surface area contributed by atoms with Crippen molar-refractivity contribution in [3.63, 3.8) is 0 Å². The Morgan fingerprint density at radius 1 is 1.18 bits per heavy atom. The average Bonchev–Trinajstić information content (AvgIpc) is 3.13. The predicted molar refractivity (Wildman–Crippen MR) is 104 cm³/mol. The highest BCUT2D eigenvalue weighted by molar-refractivity contribution is 5.91. The summed E-state index contributed by atoms with van der Waals surface area (Å²) in [5.74, 6) is 0.785. The maximum Gasteiger partial charge on any atom is 0.258 e. The van der Waals surface area contributed by atoms with Crippen molar-refractivity contribution in [2.45, 2.75) is 12.8 Å². The molecule has 0 radical (unpaired) electrons. The summed E-state index contributed by atoms with van der Waals surface area (Å²) in [6, 6.07) is 14.3. The zero-order chi connectivity index (χ0) is 19.5. The van der Waals surface area contributed by atoms with Gasteiger partial charge in [0.15, 0.2) is 0 Å². The summed E-state index contributed by atoms with van der Waals surface area (Å²) in [4.78, 5) is 32.9. The number of hydrogen-bond acceptors (Lipinski definition) is 6. The van der Waals surface area contributed by atoms with Crippen molar-refractivity contribution in [3.8, 4) is 11.4 Å². The number of aryl methyl sites for hydroxylation is 2. The Hall–Kier alpha value is -3.88. The number of para-hydroxylation sites is 1. The van der Waals surface area contributed by atoms with Gasteiger partial charge < -0.3 is 10.3 Å². The number of carbonyl (C=O) groups excluding carboxylic acids is 1. The maximum absolute atomic E-state index is 12.3. The number of hydrogen-bond donors (Lipinski definition) is 2. The minimum Gasteiger partial charge on any atom is -0.326 e. The summed E-state index contributed by atoms with van der Waals surface area (Å²) in [7, 11) is 1.69. The van der Waals surface area contributed by atoms with E-state index < -0.39 is 0 Å². The van der Waals surface area contributed by atoms with Gasteiger partial charge in [-0.25, -0.2) is 4.98 Å². The highest BCUT2D eigenvalue weighted by Gasteiger charge is 2.09. The van der Waals surface area contributed by atoms with E-state index in [4.69, 9.17) is 0 Å². The number of carbonyl (C=O) groups is 1. The van der Waals surface area contributed by atoms with Crippen molar-refractivity contribution in [2.24, 2.45) is 7.05 Å². The minimum atomic E-state index is -0.204. The van der Waals surface area contributed by atoms with Crippen molar-refractivity contribution in [3.05, 3.63) is 64.7 Å². The number of benzene rings is 2. The van der Waals surface area contributed by atoms with Crippen LogP contribution in [0.3, 0.4) is 0 Å². The van der Waals surface area contributed by atoms with E-state index >= 15 is 0 Å². The first-order valence-electron chi connectivity index (χ1n) is 8.71. The van der Waals surface area contributed by atoms with Gasteiger partial charge in [0, 0.05) is 24.1 Å². The zero-order valence-corrected chi connectivity index (χ0v) is 15.1. The molecule has 0 aliphatic rings. The smallest absolute Gasteiger partial charge is 0.258 e. The molecular formula is C19H17N7O2. The molecule has 28 heavy (non-hydrogen) atoms. The van der Waals surface area contributed by atoms with Crippen molar-refractivity contribution in [1.82, 2.24) is 30.2 Å². The standard InChI is InChI=1S/C19H17N7O2/c1-26-24-18(23-25-26)12-5-4-6-13(11-12)20-17(27)10-9-16-21-15-8-3-2-7-14(15)19(28)22-16/h2-8,11H,9-10H2,1H3,(H,20,27)(H,21,22,28). The van der Waals surface area contributed by atoms with Gasteiger partial charge in [0.2, 0.25) is 11.7 Å². The lowest BCUT2D eigenvalue weighted by Crippen LogP contribution is -2.16. The zero-order valence-electron chi connectivity index (χ0n) is 15.1. The Morgan fingerprint density at radius 2 is 2.04 bits per heavy atom. The maximum atomic E-state index is 12.3. The molecule has 0 spiro atoms. The molecule has 0 saturated heterocycles. The Bertz CT molecular complexity index is 1210. The van der Waals surface area contributed by atoms with Crippen LogP contribution in [-0.4, -0.2) is 36.1 Å². The van der Waals surface area contributed by atoms with E-state index in [-0.39, 0.29) is 17.9 Å². The van der Waals surface area contributed by atoms with E-state index in [0.717, 1.165) is 5.56 Å². The first-order chi connectivity index (χ1) is 13.6. The molecule has 1 amide bonds. The number of fused-ring (bicyclic) bond motifs is 1. The van der Waals surface area contributed by atoms with E-state index in [2.05, 4.69) is 30.7 Å². The molecular weight excluding hydrogens is 358 g/mol. The Labute approximate surface area is 159 Å². The van der Waals surface area contributed by atoms with Crippen LogP contribution in [0.15, 0.2) is 53.3 Å². The van der Waals surface area contributed by atoms with Gasteiger partial charge in [0.05, 0.1) is 18.0 Å². The van der Waals surface area contributed by atoms with Gasteiger partial charge in [-0.1, -0.05) is 24.3 Å². The summed E-state index contributed by atoms with van der Waals surface area (Å²) in [5, 5.41) is 15.3. The second kappa shape index (κ2) is 7.39. The van der Waals surface area contributed by atoms with E-state index in [1.807, 2.05) is 18.2 Å². The number of tetrazole rings is 1. The summed E-state index contributed by atoms with van der Waals surface area (Å²) in [5.41, 5.74) is 1.80. The third-order valence-electron chi connectivity index (χ3n) is 4.16. The Morgan fingerprint density at radius 3 is 2.86 bits per heavy atom. The fraction of sp³-hybridized carbons (Fsp3) is 0.158. The Balaban J connectivity index is 1.43. The molecule has 0 saturated carbocycles. The quantitative estimate of drug-likeness (QED) is 0.548. The lowest BCUT2D eigenvalue weighted by Gasteiger charge is -2.06. The number of aromatic nitrogens is 6. The average molecular weight is 375 g/mol. The van der Waals surface area contributed by atoms with Crippen molar-refractivity contribution in [2.75, 3.05) is 5.32 Å². The van der Waals surface area contributed by atoms with Gasteiger partial charge in [-0.05, 0) is 29.5 Å². The minimum absolute atomic E-state index is 0.180. The molecule has 2 heterocycles. The van der Waals surface area contributed by atoms with E-state index in [1.54, 1.807) is 37.4 Å². The molecule has 9 heteroatoms. The number of aromatic amines is 1. The summed E-state index contributed by atoms with van der Waals surface area (Å²) in [6.07, 6.45) is 0.520. The first kappa shape index (κ1) is 17.5. The van der Waals surface area contributed by atoms with Crippen molar-refractivity contribution in [1.29, 1.82) is 0 Å². The highest BCUT2D eigenvalue weighted by Crippen LogP contribution is 2.18. The number of nitrogens with zero attached hydrogens (tertiary/aromatic N) is 5. The van der Waals surface area contributed by atoms with Crippen molar-refractivity contribution >= 4 is 22.5 Å². The van der Waals surface area contributed by atoms with Crippen LogP contribution in [0.2, 0.25) is 0 Å². The van der Waals surface area contributed by atoms with Crippen LogP contribution in [-0.2, 0) is 18.3 Å². The molecule has 4 rings (SSSR count).